The van der Waals surface area contributed by atoms with Crippen molar-refractivity contribution in [2.75, 3.05) is 43.5 Å². The largest absolute Gasteiger partial charge is 0.381 e. The summed E-state index contributed by atoms with van der Waals surface area (Å²) >= 11 is 6.29. The number of rotatable bonds is 7. The lowest BCUT2D eigenvalue weighted by Gasteiger charge is -2.35. The topological polar surface area (TPSA) is 80.1 Å². The van der Waals surface area contributed by atoms with Crippen LogP contribution in [-0.2, 0) is 4.74 Å². The van der Waals surface area contributed by atoms with Gasteiger partial charge in [0.2, 0.25) is 11.9 Å². The fourth-order valence-corrected chi connectivity index (χ4v) is 6.58. The number of hydrogen-bond donors (Lipinski definition) is 2. The van der Waals surface area contributed by atoms with Gasteiger partial charge in [0.1, 0.15) is 5.52 Å². The highest BCUT2D eigenvalue weighted by Crippen LogP contribution is 2.38. The standard InChI is InChI=1S/C29H40ClN7O/c1-29(12-16-38-17-13-29)35-27-31-19-25-26(34-27)37(28(33-25)32-23-7-5-6-22(30)18-23)24-10-8-21(9-11-24)20-36-14-3-2-4-15-36/h5-7,18-19,21,24H,2-4,8-17,20H2,1H3,(H,32,33)(H,31,34,35)/t21-,24-. The van der Waals surface area contributed by atoms with E-state index in [4.69, 9.17) is 26.3 Å². The Hall–Kier alpha value is -2.42. The maximum atomic E-state index is 6.29. The normalized spacial score (nSPS) is 24.4. The first-order valence-electron chi connectivity index (χ1n) is 14.4. The van der Waals surface area contributed by atoms with Crippen LogP contribution in [0.1, 0.15) is 70.8 Å². The lowest BCUT2D eigenvalue weighted by molar-refractivity contribution is 0.0656. The Morgan fingerprint density at radius 3 is 2.61 bits per heavy atom. The van der Waals surface area contributed by atoms with Gasteiger partial charge in [0.25, 0.3) is 0 Å². The highest BCUT2D eigenvalue weighted by molar-refractivity contribution is 6.30. The third-order valence-electron chi connectivity index (χ3n) is 8.67. The van der Waals surface area contributed by atoms with E-state index in [0.29, 0.717) is 17.0 Å². The van der Waals surface area contributed by atoms with Gasteiger partial charge < -0.3 is 20.3 Å². The smallest absolute Gasteiger partial charge is 0.225 e. The molecule has 38 heavy (non-hydrogen) atoms. The minimum atomic E-state index is -0.0643. The molecular formula is C29H40ClN7O. The number of imidazole rings is 1. The van der Waals surface area contributed by atoms with Gasteiger partial charge in [-0.05, 0) is 95.5 Å². The summed E-state index contributed by atoms with van der Waals surface area (Å²) in [6.45, 7) is 7.56. The van der Waals surface area contributed by atoms with Gasteiger partial charge in [0.15, 0.2) is 5.65 Å². The van der Waals surface area contributed by atoms with Crippen molar-refractivity contribution in [3.8, 4) is 0 Å². The SMILES string of the molecule is CC1(Nc2ncc3nc(Nc4cccc(Cl)c4)n([C@H]4CC[C@H](CN5CCCCC5)CC4)c3n2)CCOCC1. The number of nitrogens with zero attached hydrogens (tertiary/aromatic N) is 5. The first-order valence-corrected chi connectivity index (χ1v) is 14.8. The summed E-state index contributed by atoms with van der Waals surface area (Å²) in [7, 11) is 0. The van der Waals surface area contributed by atoms with Crippen LogP contribution in [0.3, 0.4) is 0 Å². The Balaban J connectivity index is 1.26. The molecule has 1 aliphatic carbocycles. The van der Waals surface area contributed by atoms with E-state index in [1.165, 1.54) is 51.7 Å². The van der Waals surface area contributed by atoms with Crippen LogP contribution in [0.4, 0.5) is 17.6 Å². The van der Waals surface area contributed by atoms with Crippen molar-refractivity contribution < 1.29 is 4.74 Å². The quantitative estimate of drug-likeness (QED) is 0.360. The lowest BCUT2D eigenvalue weighted by atomic mass is 9.85. The predicted molar refractivity (Wildman–Crippen MR) is 153 cm³/mol. The molecule has 3 fully saturated rings. The number of halogens is 1. The Kier molecular flexibility index (Phi) is 7.73. The second-order valence-corrected chi connectivity index (χ2v) is 12.1. The fourth-order valence-electron chi connectivity index (χ4n) is 6.39. The molecule has 6 rings (SSSR count). The Morgan fingerprint density at radius 2 is 1.84 bits per heavy atom. The van der Waals surface area contributed by atoms with E-state index in [-0.39, 0.29) is 5.54 Å². The maximum absolute atomic E-state index is 6.29. The molecule has 2 aliphatic heterocycles. The number of benzene rings is 1. The summed E-state index contributed by atoms with van der Waals surface area (Å²) < 4.78 is 7.91. The van der Waals surface area contributed by atoms with Gasteiger partial charge in [-0.15, -0.1) is 0 Å². The van der Waals surface area contributed by atoms with Gasteiger partial charge >= 0.3 is 0 Å². The maximum Gasteiger partial charge on any atom is 0.225 e. The average Bonchev–Trinajstić information content (AvgIpc) is 3.27. The zero-order valence-electron chi connectivity index (χ0n) is 22.5. The summed E-state index contributed by atoms with van der Waals surface area (Å²) in [5.74, 6) is 2.26. The molecule has 2 aromatic heterocycles. The molecule has 2 N–H and O–H groups in total. The second kappa shape index (κ2) is 11.4. The molecular weight excluding hydrogens is 498 g/mol. The Labute approximate surface area is 230 Å². The number of anilines is 3. The summed E-state index contributed by atoms with van der Waals surface area (Å²) in [5, 5.41) is 7.85. The van der Waals surface area contributed by atoms with Crippen LogP contribution in [0.25, 0.3) is 11.2 Å². The number of aromatic nitrogens is 4. The zero-order chi connectivity index (χ0) is 26.0. The van der Waals surface area contributed by atoms with Gasteiger partial charge in [-0.1, -0.05) is 24.1 Å². The van der Waals surface area contributed by atoms with Crippen LogP contribution in [0, 0.1) is 5.92 Å². The van der Waals surface area contributed by atoms with Gasteiger partial charge in [-0.3, -0.25) is 4.57 Å². The minimum absolute atomic E-state index is 0.0643. The van der Waals surface area contributed by atoms with E-state index in [2.05, 4.69) is 32.0 Å². The summed E-state index contributed by atoms with van der Waals surface area (Å²) in [4.78, 5) is 17.3. The molecule has 1 saturated carbocycles. The Bertz CT molecular complexity index is 1230. The van der Waals surface area contributed by atoms with Crippen molar-refractivity contribution >= 4 is 40.3 Å². The van der Waals surface area contributed by atoms with E-state index in [9.17, 15) is 0 Å². The number of ether oxygens (including phenoxy) is 1. The van der Waals surface area contributed by atoms with Crippen molar-refractivity contribution in [1.82, 2.24) is 24.4 Å². The molecule has 204 valence electrons. The van der Waals surface area contributed by atoms with Gasteiger partial charge in [0.05, 0.1) is 6.20 Å². The van der Waals surface area contributed by atoms with Crippen molar-refractivity contribution in [2.24, 2.45) is 5.92 Å². The van der Waals surface area contributed by atoms with E-state index < -0.39 is 0 Å². The zero-order valence-corrected chi connectivity index (χ0v) is 23.2. The highest BCUT2D eigenvalue weighted by atomic mass is 35.5. The highest BCUT2D eigenvalue weighted by Gasteiger charge is 2.30. The minimum Gasteiger partial charge on any atom is -0.381 e. The number of likely N-dealkylation sites (tertiary alicyclic amines) is 1. The summed E-state index contributed by atoms with van der Waals surface area (Å²) in [5.41, 5.74) is 2.56. The number of nitrogens with one attached hydrogen (secondary N) is 2. The molecule has 0 spiro atoms. The molecule has 1 aromatic carbocycles. The van der Waals surface area contributed by atoms with Crippen molar-refractivity contribution in [3.05, 3.63) is 35.5 Å². The van der Waals surface area contributed by atoms with Crippen LogP contribution in [0.2, 0.25) is 5.02 Å². The van der Waals surface area contributed by atoms with Gasteiger partial charge in [-0.2, -0.15) is 4.98 Å². The van der Waals surface area contributed by atoms with Crippen molar-refractivity contribution in [3.63, 3.8) is 0 Å². The number of fused-ring (bicyclic) bond motifs is 1. The van der Waals surface area contributed by atoms with E-state index in [1.807, 2.05) is 30.5 Å². The number of piperidine rings is 1. The molecule has 8 nitrogen and oxygen atoms in total. The first kappa shape index (κ1) is 25.8. The van der Waals surface area contributed by atoms with Crippen LogP contribution in [0.5, 0.6) is 0 Å². The van der Waals surface area contributed by atoms with Crippen molar-refractivity contribution in [2.45, 2.75) is 76.3 Å². The third-order valence-corrected chi connectivity index (χ3v) is 8.91. The van der Waals surface area contributed by atoms with E-state index in [0.717, 1.165) is 67.6 Å². The molecule has 4 heterocycles. The van der Waals surface area contributed by atoms with Crippen LogP contribution in [-0.4, -0.2) is 62.8 Å². The van der Waals surface area contributed by atoms with Crippen molar-refractivity contribution in [1.29, 1.82) is 0 Å². The van der Waals surface area contributed by atoms with Crippen LogP contribution < -0.4 is 10.6 Å². The van der Waals surface area contributed by atoms with E-state index in [1.54, 1.807) is 0 Å². The first-order chi connectivity index (χ1) is 18.5. The van der Waals surface area contributed by atoms with Crippen LogP contribution >= 0.6 is 11.6 Å². The molecule has 0 unspecified atom stereocenters. The molecule has 3 aromatic rings. The van der Waals surface area contributed by atoms with Crippen LogP contribution in [0.15, 0.2) is 30.5 Å². The molecule has 3 aliphatic rings. The summed E-state index contributed by atoms with van der Waals surface area (Å²) in [6, 6.07) is 8.15. The molecule has 2 saturated heterocycles. The summed E-state index contributed by atoms with van der Waals surface area (Å²) in [6.07, 6.45) is 12.6. The third kappa shape index (κ3) is 5.92. The predicted octanol–water partition coefficient (Wildman–Crippen LogP) is 6.42. The Morgan fingerprint density at radius 1 is 1.05 bits per heavy atom. The fraction of sp³-hybridized carbons (Fsp3) is 0.621. The molecule has 0 atom stereocenters. The molecule has 0 amide bonds. The molecule has 0 radical (unpaired) electrons. The molecule has 9 heteroatoms. The average molecular weight is 538 g/mol. The molecule has 0 bridgehead atoms. The second-order valence-electron chi connectivity index (χ2n) is 11.7. The van der Waals surface area contributed by atoms with Gasteiger partial charge in [-0.25, -0.2) is 9.97 Å². The lowest BCUT2D eigenvalue weighted by Crippen LogP contribution is -2.41. The van der Waals surface area contributed by atoms with E-state index >= 15 is 0 Å². The number of hydrogen-bond acceptors (Lipinski definition) is 7. The monoisotopic (exact) mass is 537 g/mol. The van der Waals surface area contributed by atoms with Gasteiger partial charge in [0, 0.05) is 42.0 Å².